The van der Waals surface area contributed by atoms with Gasteiger partial charge in [0.2, 0.25) is 11.3 Å². The van der Waals surface area contributed by atoms with Gasteiger partial charge in [-0.3, -0.25) is 14.3 Å². The molecule has 0 amide bonds. The van der Waals surface area contributed by atoms with Gasteiger partial charge in [0.15, 0.2) is 5.78 Å². The molecule has 1 heterocycles. The van der Waals surface area contributed by atoms with Gasteiger partial charge in [-0.25, -0.2) is 18.3 Å². The van der Waals surface area contributed by atoms with Gasteiger partial charge < -0.3 is 10.4 Å². The quantitative estimate of drug-likeness (QED) is 0.220. The van der Waals surface area contributed by atoms with Crippen LogP contribution in [0.25, 0.3) is 11.0 Å². The third-order valence-electron chi connectivity index (χ3n) is 4.39. The third-order valence-corrected chi connectivity index (χ3v) is 4.85. The first kappa shape index (κ1) is 21.9. The summed E-state index contributed by atoms with van der Waals surface area (Å²) >= 11 is -2.11. The van der Waals surface area contributed by atoms with Crippen LogP contribution in [0, 0.1) is 5.82 Å². The average molecular weight is 432 g/mol. The van der Waals surface area contributed by atoms with E-state index in [4.69, 9.17) is 9.66 Å². The summed E-state index contributed by atoms with van der Waals surface area (Å²) < 4.78 is 36.5. The molecular weight excluding hydrogens is 411 g/mol. The minimum Gasteiger partial charge on any atom is -0.395 e. The summed E-state index contributed by atoms with van der Waals surface area (Å²) in [4.78, 5) is 21.5. The fraction of sp³-hybridized carbons (Fsp3) is 0.250. The van der Waals surface area contributed by atoms with Gasteiger partial charge in [-0.15, -0.1) is 0 Å². The van der Waals surface area contributed by atoms with Crippen molar-refractivity contribution in [1.82, 2.24) is 14.7 Å². The van der Waals surface area contributed by atoms with Crippen LogP contribution in [0.1, 0.15) is 27.9 Å². The van der Waals surface area contributed by atoms with E-state index in [-0.39, 0.29) is 24.3 Å². The highest BCUT2D eigenvalue weighted by Gasteiger charge is 2.17. The molecule has 0 radical (unpaired) electrons. The smallest absolute Gasteiger partial charge is 0.231 e. The Labute approximate surface area is 175 Å². The molecule has 0 spiro atoms. The average Bonchev–Trinajstić information content (AvgIpc) is 2.75. The lowest BCUT2D eigenvalue weighted by molar-refractivity contribution is 0.103. The number of rotatable bonds is 10. The monoisotopic (exact) mass is 432 g/mol. The summed E-state index contributed by atoms with van der Waals surface area (Å²) in [5.74, 6) is -0.606. The number of fused-ring (bicyclic) bond motifs is 1. The van der Waals surface area contributed by atoms with Gasteiger partial charge in [-0.1, -0.05) is 12.1 Å². The highest BCUT2D eigenvalue weighted by atomic mass is 32.2. The minimum absolute atomic E-state index is 0.0481. The standard InChI is InChI=1S/C20H21FN4O4S/c21-19-13(4-2-8-24-30(28)29)3-1-5-15(19)20(27)14-6-7-16-17(11-14)25-18(12-23-16)22-9-10-26/h1,3,5-7,11-12,24,26H,2,4,8-10H2,(H,22,25)(H,28,29). The summed E-state index contributed by atoms with van der Waals surface area (Å²) in [6, 6.07) is 9.41. The van der Waals surface area contributed by atoms with Crippen molar-refractivity contribution in [3.8, 4) is 0 Å². The third kappa shape index (κ3) is 5.42. The molecule has 0 aliphatic carbocycles. The van der Waals surface area contributed by atoms with Gasteiger partial charge in [0.25, 0.3) is 0 Å². The Kier molecular flexibility index (Phi) is 7.52. The number of nitrogens with one attached hydrogen (secondary N) is 2. The predicted octanol–water partition coefficient (Wildman–Crippen LogP) is 2.06. The lowest BCUT2D eigenvalue weighted by atomic mass is 9.98. The molecule has 30 heavy (non-hydrogen) atoms. The molecule has 8 nitrogen and oxygen atoms in total. The second-order valence-electron chi connectivity index (χ2n) is 6.46. The van der Waals surface area contributed by atoms with E-state index in [1.54, 1.807) is 30.3 Å². The fourth-order valence-electron chi connectivity index (χ4n) is 2.96. The Morgan fingerprint density at radius 2 is 2.00 bits per heavy atom. The molecule has 2 aromatic carbocycles. The van der Waals surface area contributed by atoms with E-state index in [0.29, 0.717) is 41.8 Å². The Bertz CT molecular complexity index is 1080. The highest BCUT2D eigenvalue weighted by Crippen LogP contribution is 2.21. The van der Waals surface area contributed by atoms with Crippen molar-refractivity contribution in [2.75, 3.05) is 25.0 Å². The molecule has 3 aromatic rings. The molecule has 1 aromatic heterocycles. The van der Waals surface area contributed by atoms with Crippen LogP contribution in [0.4, 0.5) is 10.2 Å². The number of ketones is 1. The molecule has 0 saturated carbocycles. The zero-order valence-electron chi connectivity index (χ0n) is 16.0. The van der Waals surface area contributed by atoms with E-state index in [0.717, 1.165) is 0 Å². The normalized spacial score (nSPS) is 12.1. The van der Waals surface area contributed by atoms with Crippen LogP contribution in [0.3, 0.4) is 0 Å². The Morgan fingerprint density at radius 3 is 2.77 bits per heavy atom. The van der Waals surface area contributed by atoms with Crippen molar-refractivity contribution in [2.24, 2.45) is 0 Å². The topological polar surface area (TPSA) is 124 Å². The Balaban J connectivity index is 1.82. The maximum Gasteiger partial charge on any atom is 0.231 e. The van der Waals surface area contributed by atoms with Crippen LogP contribution in [0.2, 0.25) is 0 Å². The molecule has 0 saturated heterocycles. The zero-order chi connectivity index (χ0) is 21.5. The molecule has 0 bridgehead atoms. The van der Waals surface area contributed by atoms with Gasteiger partial charge >= 0.3 is 0 Å². The highest BCUT2D eigenvalue weighted by molar-refractivity contribution is 7.77. The number of anilines is 1. The molecule has 10 heteroatoms. The van der Waals surface area contributed by atoms with Crippen molar-refractivity contribution in [3.05, 3.63) is 65.1 Å². The molecule has 0 fully saturated rings. The number of carbonyl (C=O) groups is 1. The number of hydrogen-bond donors (Lipinski definition) is 4. The van der Waals surface area contributed by atoms with E-state index < -0.39 is 22.9 Å². The van der Waals surface area contributed by atoms with Crippen LogP contribution in [0.5, 0.6) is 0 Å². The summed E-state index contributed by atoms with van der Waals surface area (Å²) in [6.07, 6.45) is 2.29. The van der Waals surface area contributed by atoms with Crippen molar-refractivity contribution in [1.29, 1.82) is 0 Å². The number of aliphatic hydroxyl groups is 1. The van der Waals surface area contributed by atoms with Crippen molar-refractivity contribution >= 4 is 33.9 Å². The Morgan fingerprint density at radius 1 is 1.17 bits per heavy atom. The first-order chi connectivity index (χ1) is 14.5. The summed E-state index contributed by atoms with van der Waals surface area (Å²) in [6.45, 7) is 0.513. The molecule has 4 N–H and O–H groups in total. The summed E-state index contributed by atoms with van der Waals surface area (Å²) in [5.41, 5.74) is 1.66. The summed E-state index contributed by atoms with van der Waals surface area (Å²) in [7, 11) is 0. The molecule has 1 unspecified atom stereocenters. The van der Waals surface area contributed by atoms with Crippen LogP contribution in [-0.2, 0) is 17.7 Å². The molecular formula is C20H21FN4O4S. The number of halogens is 1. The second kappa shape index (κ2) is 10.3. The number of aromatic nitrogens is 2. The Hall–Kier alpha value is -2.79. The molecule has 0 aliphatic heterocycles. The number of nitrogens with zero attached hydrogens (tertiary/aromatic N) is 2. The minimum atomic E-state index is -2.11. The second-order valence-corrected chi connectivity index (χ2v) is 7.25. The first-order valence-corrected chi connectivity index (χ1v) is 10.4. The van der Waals surface area contributed by atoms with E-state index in [1.165, 1.54) is 12.3 Å². The zero-order valence-corrected chi connectivity index (χ0v) is 16.8. The molecule has 158 valence electrons. The van der Waals surface area contributed by atoms with Crippen molar-refractivity contribution in [3.63, 3.8) is 0 Å². The number of carbonyl (C=O) groups excluding carboxylic acids is 1. The van der Waals surface area contributed by atoms with Crippen LogP contribution < -0.4 is 10.0 Å². The van der Waals surface area contributed by atoms with Crippen molar-refractivity contribution < 1.29 is 23.1 Å². The fourth-order valence-corrected chi connectivity index (χ4v) is 3.28. The van der Waals surface area contributed by atoms with E-state index >= 15 is 0 Å². The maximum absolute atomic E-state index is 14.9. The predicted molar refractivity (Wildman–Crippen MR) is 112 cm³/mol. The van der Waals surface area contributed by atoms with E-state index in [9.17, 15) is 13.4 Å². The molecule has 0 aliphatic rings. The van der Waals surface area contributed by atoms with Gasteiger partial charge in [0.1, 0.15) is 11.6 Å². The number of hydrogen-bond acceptors (Lipinski definition) is 6. The number of benzene rings is 2. The van der Waals surface area contributed by atoms with Gasteiger partial charge in [0.05, 0.1) is 29.4 Å². The summed E-state index contributed by atoms with van der Waals surface area (Å²) in [5, 5.41) is 11.8. The van der Waals surface area contributed by atoms with E-state index in [1.807, 2.05) is 0 Å². The van der Waals surface area contributed by atoms with Crippen molar-refractivity contribution in [2.45, 2.75) is 12.8 Å². The van der Waals surface area contributed by atoms with Gasteiger partial charge in [-0.05, 0) is 42.7 Å². The van der Waals surface area contributed by atoms with Gasteiger partial charge in [-0.2, -0.15) is 0 Å². The largest absolute Gasteiger partial charge is 0.395 e. The SMILES string of the molecule is O=C(c1ccc2ncc(NCCO)nc2c1)c1cccc(CCCNS(=O)O)c1F. The number of aryl methyl sites for hydroxylation is 1. The van der Waals surface area contributed by atoms with Crippen LogP contribution >= 0.6 is 0 Å². The van der Waals surface area contributed by atoms with Crippen LogP contribution in [-0.4, -0.2) is 49.3 Å². The van der Waals surface area contributed by atoms with E-state index in [2.05, 4.69) is 20.0 Å². The molecule has 3 rings (SSSR count). The maximum atomic E-state index is 14.9. The van der Waals surface area contributed by atoms with Gasteiger partial charge in [0, 0.05) is 18.7 Å². The van der Waals surface area contributed by atoms with Crippen LogP contribution in [0.15, 0.2) is 42.6 Å². The molecule has 1 atom stereocenters. The first-order valence-electron chi connectivity index (χ1n) is 9.27. The lowest BCUT2D eigenvalue weighted by Gasteiger charge is -2.09. The number of aliphatic hydroxyl groups excluding tert-OH is 1. The lowest BCUT2D eigenvalue weighted by Crippen LogP contribution is -2.18.